The molecule has 162 valence electrons. The quantitative estimate of drug-likeness (QED) is 0.446. The van der Waals surface area contributed by atoms with Gasteiger partial charge in [0.25, 0.3) is 11.8 Å². The highest BCUT2D eigenvalue weighted by molar-refractivity contribution is 5.98. The molecule has 2 atom stereocenters. The van der Waals surface area contributed by atoms with E-state index in [1.165, 1.54) is 11.0 Å². The van der Waals surface area contributed by atoms with E-state index >= 15 is 0 Å². The van der Waals surface area contributed by atoms with Crippen LogP contribution in [0.5, 0.6) is 5.88 Å². The van der Waals surface area contributed by atoms with Crippen LogP contribution in [-0.4, -0.2) is 65.1 Å². The molecule has 0 radical (unpaired) electrons. The minimum Gasteiger partial charge on any atom is -0.470 e. The van der Waals surface area contributed by atoms with Gasteiger partial charge in [0.1, 0.15) is 11.8 Å². The molecule has 1 aliphatic rings. The molecular weight excluding hydrogens is 410 g/mol. The van der Waals surface area contributed by atoms with Crippen LogP contribution in [0.1, 0.15) is 40.6 Å². The van der Waals surface area contributed by atoms with Gasteiger partial charge in [-0.15, -0.1) is 0 Å². The van der Waals surface area contributed by atoms with Crippen molar-refractivity contribution in [3.63, 3.8) is 0 Å². The summed E-state index contributed by atoms with van der Waals surface area (Å²) in [5.74, 6) is 0.239. The van der Waals surface area contributed by atoms with E-state index in [0.29, 0.717) is 35.0 Å². The minimum absolute atomic E-state index is 0.0535. The number of benzene rings is 1. The van der Waals surface area contributed by atoms with Crippen molar-refractivity contribution in [3.8, 4) is 11.6 Å². The Hall–Kier alpha value is -4.08. The Bertz CT molecular complexity index is 1270. The largest absolute Gasteiger partial charge is 0.470 e. The van der Waals surface area contributed by atoms with Gasteiger partial charge in [-0.3, -0.25) is 14.0 Å². The van der Waals surface area contributed by atoms with Crippen LogP contribution in [0.15, 0.2) is 55.2 Å². The molecule has 3 aromatic heterocycles. The zero-order valence-electron chi connectivity index (χ0n) is 17.4. The maximum atomic E-state index is 13.5. The third kappa shape index (κ3) is 3.49. The molecule has 4 aromatic rings. The SMILES string of the molecule is C[C@@H]1CCC(Oc2nccn3c(C=O)cnc23)CN1C(=O)c1ccccc1-n1nccn1. The third-order valence-corrected chi connectivity index (χ3v) is 5.69. The van der Waals surface area contributed by atoms with Gasteiger partial charge in [0.15, 0.2) is 6.29 Å². The fourth-order valence-electron chi connectivity index (χ4n) is 4.02. The molecule has 0 saturated carbocycles. The Morgan fingerprint density at radius 1 is 1.12 bits per heavy atom. The van der Waals surface area contributed by atoms with Crippen molar-refractivity contribution in [2.75, 3.05) is 6.54 Å². The number of ether oxygens (including phenoxy) is 1. The predicted octanol–water partition coefficient (Wildman–Crippen LogP) is 2.19. The molecule has 1 aliphatic heterocycles. The standard InChI is InChI=1S/C22H21N7O3/c1-15-6-7-17(32-21-20-24-12-16(14-30)27(20)11-10-23-21)13-28(15)22(31)18-4-2-3-5-19(18)29-25-8-9-26-29/h2-5,8-12,14-15,17H,6-7,13H2,1H3/t15-,17?/m1/s1. The van der Waals surface area contributed by atoms with Crippen molar-refractivity contribution in [1.82, 2.24) is 34.3 Å². The first-order chi connectivity index (χ1) is 15.7. The number of para-hydroxylation sites is 1. The zero-order valence-corrected chi connectivity index (χ0v) is 17.4. The van der Waals surface area contributed by atoms with Crippen LogP contribution in [0.25, 0.3) is 11.3 Å². The van der Waals surface area contributed by atoms with Crippen LogP contribution < -0.4 is 4.74 Å². The molecule has 1 aromatic carbocycles. The van der Waals surface area contributed by atoms with E-state index in [1.54, 1.807) is 35.3 Å². The Morgan fingerprint density at radius 2 is 1.94 bits per heavy atom. The van der Waals surface area contributed by atoms with Gasteiger partial charge in [-0.25, -0.2) is 9.97 Å². The molecular formula is C22H21N7O3. The Labute approximate surface area is 183 Å². The third-order valence-electron chi connectivity index (χ3n) is 5.69. The van der Waals surface area contributed by atoms with Gasteiger partial charge in [0.05, 0.1) is 36.4 Å². The lowest BCUT2D eigenvalue weighted by Gasteiger charge is -2.38. The highest BCUT2D eigenvalue weighted by atomic mass is 16.5. The Kier molecular flexibility index (Phi) is 5.10. The van der Waals surface area contributed by atoms with E-state index in [1.807, 2.05) is 30.0 Å². The van der Waals surface area contributed by atoms with E-state index in [0.717, 1.165) is 19.1 Å². The molecule has 1 unspecified atom stereocenters. The monoisotopic (exact) mass is 431 g/mol. The van der Waals surface area contributed by atoms with Crippen LogP contribution in [-0.2, 0) is 0 Å². The number of aromatic nitrogens is 6. The summed E-state index contributed by atoms with van der Waals surface area (Å²) in [5, 5.41) is 8.34. The molecule has 0 spiro atoms. The molecule has 5 rings (SSSR count). The van der Waals surface area contributed by atoms with Gasteiger partial charge < -0.3 is 9.64 Å². The summed E-state index contributed by atoms with van der Waals surface area (Å²) >= 11 is 0. The van der Waals surface area contributed by atoms with Crippen molar-refractivity contribution in [1.29, 1.82) is 0 Å². The number of piperidine rings is 1. The van der Waals surface area contributed by atoms with Crippen LogP contribution in [0.2, 0.25) is 0 Å². The van der Waals surface area contributed by atoms with E-state index < -0.39 is 0 Å². The van der Waals surface area contributed by atoms with Gasteiger partial charge in [-0.05, 0) is 31.9 Å². The number of nitrogens with zero attached hydrogens (tertiary/aromatic N) is 7. The first kappa shape index (κ1) is 19.9. The summed E-state index contributed by atoms with van der Waals surface area (Å²) in [6.45, 7) is 2.44. The number of hydrogen-bond donors (Lipinski definition) is 0. The maximum absolute atomic E-state index is 13.5. The Morgan fingerprint density at radius 3 is 2.75 bits per heavy atom. The minimum atomic E-state index is -0.250. The maximum Gasteiger partial charge on any atom is 0.258 e. The van der Waals surface area contributed by atoms with Crippen LogP contribution in [0.3, 0.4) is 0 Å². The van der Waals surface area contributed by atoms with Gasteiger partial charge in [0.2, 0.25) is 5.65 Å². The number of amides is 1. The van der Waals surface area contributed by atoms with Gasteiger partial charge >= 0.3 is 0 Å². The Balaban J connectivity index is 1.40. The first-order valence-electron chi connectivity index (χ1n) is 10.4. The van der Waals surface area contributed by atoms with Crippen LogP contribution in [0, 0.1) is 0 Å². The van der Waals surface area contributed by atoms with Crippen LogP contribution in [0.4, 0.5) is 0 Å². The highest BCUT2D eigenvalue weighted by Gasteiger charge is 2.32. The zero-order chi connectivity index (χ0) is 22.1. The molecule has 0 bridgehead atoms. The van der Waals surface area contributed by atoms with Crippen molar-refractivity contribution in [2.45, 2.75) is 31.9 Å². The highest BCUT2D eigenvalue weighted by Crippen LogP contribution is 2.26. The molecule has 10 nitrogen and oxygen atoms in total. The second kappa shape index (κ2) is 8.22. The van der Waals surface area contributed by atoms with Crippen molar-refractivity contribution in [2.24, 2.45) is 0 Å². The van der Waals surface area contributed by atoms with E-state index in [4.69, 9.17) is 4.74 Å². The lowest BCUT2D eigenvalue weighted by Crippen LogP contribution is -2.49. The summed E-state index contributed by atoms with van der Waals surface area (Å²) < 4.78 is 7.80. The summed E-state index contributed by atoms with van der Waals surface area (Å²) in [5.41, 5.74) is 2.05. The second-order valence-electron chi connectivity index (χ2n) is 7.69. The van der Waals surface area contributed by atoms with Crippen molar-refractivity contribution >= 4 is 17.8 Å². The molecule has 10 heteroatoms. The molecule has 0 aliphatic carbocycles. The number of rotatable bonds is 5. The molecule has 32 heavy (non-hydrogen) atoms. The molecule has 0 N–H and O–H groups in total. The fourth-order valence-corrected chi connectivity index (χ4v) is 4.02. The summed E-state index contributed by atoms with van der Waals surface area (Å²) in [4.78, 5) is 36.5. The number of aldehydes is 1. The smallest absolute Gasteiger partial charge is 0.258 e. The number of carbonyl (C=O) groups is 2. The molecule has 1 amide bonds. The molecule has 1 fully saturated rings. The molecule has 1 saturated heterocycles. The summed E-state index contributed by atoms with van der Waals surface area (Å²) in [7, 11) is 0. The predicted molar refractivity (Wildman–Crippen MR) is 114 cm³/mol. The number of likely N-dealkylation sites (tertiary alicyclic amines) is 1. The summed E-state index contributed by atoms with van der Waals surface area (Å²) in [6, 6.07) is 7.34. The normalized spacial score (nSPS) is 18.6. The number of imidazole rings is 1. The second-order valence-corrected chi connectivity index (χ2v) is 7.69. The first-order valence-corrected chi connectivity index (χ1v) is 10.4. The van der Waals surface area contributed by atoms with E-state index in [2.05, 4.69) is 20.2 Å². The number of fused-ring (bicyclic) bond motifs is 1. The van der Waals surface area contributed by atoms with Gasteiger partial charge in [-0.1, -0.05) is 12.1 Å². The van der Waals surface area contributed by atoms with Crippen LogP contribution >= 0.6 is 0 Å². The van der Waals surface area contributed by atoms with Gasteiger partial charge in [0, 0.05) is 18.4 Å². The average molecular weight is 431 g/mol. The van der Waals surface area contributed by atoms with E-state index in [9.17, 15) is 9.59 Å². The van der Waals surface area contributed by atoms with E-state index in [-0.39, 0.29) is 18.1 Å². The van der Waals surface area contributed by atoms with Crippen molar-refractivity contribution < 1.29 is 14.3 Å². The average Bonchev–Trinajstić information content (AvgIpc) is 3.50. The fraction of sp³-hybridized carbons (Fsp3) is 0.273. The molecule has 4 heterocycles. The number of carbonyl (C=O) groups excluding carboxylic acids is 2. The lowest BCUT2D eigenvalue weighted by molar-refractivity contribution is 0.0375. The van der Waals surface area contributed by atoms with Gasteiger partial charge in [-0.2, -0.15) is 15.0 Å². The van der Waals surface area contributed by atoms with Crippen molar-refractivity contribution in [3.05, 3.63) is 66.5 Å². The topological polar surface area (TPSA) is 108 Å². The number of hydrogen-bond acceptors (Lipinski definition) is 7. The lowest BCUT2D eigenvalue weighted by atomic mass is 9.99. The summed E-state index contributed by atoms with van der Waals surface area (Å²) in [6.07, 6.45) is 9.92.